The Morgan fingerprint density at radius 3 is 1.29 bits per heavy atom. The molecule has 4 heteroatoms. The summed E-state index contributed by atoms with van der Waals surface area (Å²) in [5.74, 6) is 0.296. The molecule has 0 fully saturated rings. The van der Waals surface area contributed by atoms with Gasteiger partial charge in [0.2, 0.25) is 0 Å². The molecule has 6 aromatic rings. The summed E-state index contributed by atoms with van der Waals surface area (Å²) in [7, 11) is 0. The molecule has 0 saturated heterocycles. The fourth-order valence-corrected chi connectivity index (χ4v) is 6.33. The van der Waals surface area contributed by atoms with Gasteiger partial charge in [-0.05, 0) is 81.4 Å². The molecule has 0 spiro atoms. The maximum Gasteiger partial charge on any atom is 0.260 e. The van der Waals surface area contributed by atoms with Gasteiger partial charge in [-0.1, -0.05) is 109 Å². The van der Waals surface area contributed by atoms with Crippen molar-refractivity contribution in [3.8, 4) is 33.8 Å². The highest BCUT2D eigenvalue weighted by Gasteiger charge is 2.54. The Kier molecular flexibility index (Phi) is 6.10. The second-order valence-corrected chi connectivity index (χ2v) is 10.4. The number of phenols is 2. The third-order valence-corrected chi connectivity index (χ3v) is 8.09. The van der Waals surface area contributed by atoms with Crippen LogP contribution in [0, 0.1) is 0 Å². The van der Waals surface area contributed by atoms with Crippen LogP contribution in [-0.2, 0) is 5.54 Å². The normalized spacial score (nSPS) is 13.6. The Labute approximate surface area is 244 Å². The average molecular weight is 546 g/mol. The first-order chi connectivity index (χ1) is 20.6. The lowest BCUT2D eigenvalue weighted by Crippen LogP contribution is -2.46. The molecule has 1 aliphatic heterocycles. The Balaban J connectivity index is 1.65. The highest BCUT2D eigenvalue weighted by molar-refractivity contribution is 6.14. The molecule has 0 bridgehead atoms. The van der Waals surface area contributed by atoms with Gasteiger partial charge in [-0.15, -0.1) is 0 Å². The van der Waals surface area contributed by atoms with Gasteiger partial charge in [0.1, 0.15) is 17.0 Å². The van der Waals surface area contributed by atoms with Gasteiger partial charge in [0.05, 0.1) is 0 Å². The molecular weight excluding hydrogens is 518 g/mol. The second-order valence-electron chi connectivity index (χ2n) is 10.4. The number of phenolic OH excluding ortho intramolecular Hbond substituents is 2. The van der Waals surface area contributed by atoms with Crippen molar-refractivity contribution in [3.05, 3.63) is 174 Å². The van der Waals surface area contributed by atoms with Crippen LogP contribution in [0.25, 0.3) is 22.3 Å². The van der Waals surface area contributed by atoms with E-state index >= 15 is 0 Å². The Hall–Kier alpha value is -5.61. The Morgan fingerprint density at radius 1 is 0.429 bits per heavy atom. The van der Waals surface area contributed by atoms with Crippen molar-refractivity contribution in [2.45, 2.75) is 5.54 Å². The standard InChI is InChI=1S/C38H27NO3/c40-29-22-18-26(19-23-29)31-12-4-7-15-34(31)38(35-16-8-5-13-32(35)27-20-24-30(41)25-21-27)36-17-9-6-14-33(36)37(42)39(38)28-10-2-1-3-11-28/h1-25,40-41H. The number of fused-ring (bicyclic) bond motifs is 1. The molecule has 4 nitrogen and oxygen atoms in total. The zero-order chi connectivity index (χ0) is 28.7. The number of carbonyl (C=O) groups is 1. The van der Waals surface area contributed by atoms with Crippen molar-refractivity contribution in [1.82, 2.24) is 0 Å². The smallest absolute Gasteiger partial charge is 0.260 e. The zero-order valence-electron chi connectivity index (χ0n) is 22.7. The summed E-state index contributed by atoms with van der Waals surface area (Å²) in [5.41, 5.74) is 6.86. The lowest BCUT2D eigenvalue weighted by atomic mass is 9.72. The molecule has 0 unspecified atom stereocenters. The van der Waals surface area contributed by atoms with Gasteiger partial charge >= 0.3 is 0 Å². The minimum Gasteiger partial charge on any atom is -0.508 e. The fourth-order valence-electron chi connectivity index (χ4n) is 6.33. The summed E-state index contributed by atoms with van der Waals surface area (Å²) >= 11 is 0. The van der Waals surface area contributed by atoms with E-state index in [0.717, 1.165) is 44.6 Å². The third-order valence-electron chi connectivity index (χ3n) is 8.09. The van der Waals surface area contributed by atoms with Crippen LogP contribution in [0.4, 0.5) is 5.69 Å². The molecule has 0 aromatic heterocycles. The first-order valence-corrected chi connectivity index (χ1v) is 13.9. The molecular formula is C38H27NO3. The lowest BCUT2D eigenvalue weighted by Gasteiger charge is -2.42. The Bertz CT molecular complexity index is 1820. The van der Waals surface area contributed by atoms with Crippen molar-refractivity contribution in [1.29, 1.82) is 0 Å². The van der Waals surface area contributed by atoms with E-state index in [2.05, 4.69) is 30.3 Å². The summed E-state index contributed by atoms with van der Waals surface area (Å²) in [6.07, 6.45) is 0. The van der Waals surface area contributed by atoms with Crippen molar-refractivity contribution in [3.63, 3.8) is 0 Å². The van der Waals surface area contributed by atoms with Gasteiger partial charge in [-0.25, -0.2) is 0 Å². The number of anilines is 1. The van der Waals surface area contributed by atoms with Crippen molar-refractivity contribution >= 4 is 11.6 Å². The first-order valence-electron chi connectivity index (χ1n) is 13.9. The predicted octanol–water partition coefficient (Wildman–Crippen LogP) is 8.38. The SMILES string of the molecule is O=C1c2ccccc2C(c2ccccc2-c2ccc(O)cc2)(c2ccccc2-c2ccc(O)cc2)N1c1ccccc1. The third kappa shape index (κ3) is 3.88. The largest absolute Gasteiger partial charge is 0.508 e. The van der Waals surface area contributed by atoms with Gasteiger partial charge in [0, 0.05) is 11.3 Å². The summed E-state index contributed by atoms with van der Waals surface area (Å²) < 4.78 is 0. The van der Waals surface area contributed by atoms with Crippen LogP contribution in [-0.4, -0.2) is 16.1 Å². The van der Waals surface area contributed by atoms with E-state index in [4.69, 9.17) is 0 Å². The van der Waals surface area contributed by atoms with E-state index in [1.165, 1.54) is 0 Å². The molecule has 202 valence electrons. The number of para-hydroxylation sites is 1. The summed E-state index contributed by atoms with van der Waals surface area (Å²) in [6, 6.07) is 48.4. The number of carbonyl (C=O) groups excluding carboxylic acids is 1. The summed E-state index contributed by atoms with van der Waals surface area (Å²) in [6.45, 7) is 0. The first kappa shape index (κ1) is 25.4. The second kappa shape index (κ2) is 10.1. The quantitative estimate of drug-likeness (QED) is 0.229. The molecule has 7 rings (SSSR count). The van der Waals surface area contributed by atoms with Gasteiger partial charge in [0.15, 0.2) is 0 Å². The van der Waals surface area contributed by atoms with Crippen LogP contribution in [0.1, 0.15) is 27.0 Å². The van der Waals surface area contributed by atoms with Crippen LogP contribution in [0.5, 0.6) is 11.5 Å². The Morgan fingerprint density at radius 2 is 0.810 bits per heavy atom. The van der Waals surface area contributed by atoms with E-state index in [1.54, 1.807) is 24.3 Å². The minimum atomic E-state index is -1.06. The van der Waals surface area contributed by atoms with E-state index in [-0.39, 0.29) is 17.4 Å². The minimum absolute atomic E-state index is 0.0854. The molecule has 0 aliphatic carbocycles. The highest BCUT2D eigenvalue weighted by atomic mass is 16.3. The number of amides is 1. The number of rotatable bonds is 5. The van der Waals surface area contributed by atoms with E-state index < -0.39 is 5.54 Å². The maximum absolute atomic E-state index is 14.6. The lowest BCUT2D eigenvalue weighted by molar-refractivity contribution is 0.0987. The molecule has 2 N–H and O–H groups in total. The number of nitrogens with zero attached hydrogens (tertiary/aromatic N) is 1. The topological polar surface area (TPSA) is 60.8 Å². The number of benzene rings is 6. The summed E-state index contributed by atoms with van der Waals surface area (Å²) in [4.78, 5) is 16.5. The van der Waals surface area contributed by atoms with Gasteiger partial charge in [-0.2, -0.15) is 0 Å². The molecule has 1 aliphatic rings. The molecule has 1 heterocycles. The highest BCUT2D eigenvalue weighted by Crippen LogP contribution is 2.55. The van der Waals surface area contributed by atoms with Gasteiger partial charge in [-0.3, -0.25) is 9.69 Å². The van der Waals surface area contributed by atoms with E-state index in [1.807, 2.05) is 102 Å². The number of hydrogen-bond donors (Lipinski definition) is 2. The summed E-state index contributed by atoms with van der Waals surface area (Å²) in [5, 5.41) is 20.2. The van der Waals surface area contributed by atoms with Crippen LogP contribution in [0.15, 0.2) is 152 Å². The molecule has 0 radical (unpaired) electrons. The molecule has 6 aromatic carbocycles. The number of hydrogen-bond acceptors (Lipinski definition) is 3. The maximum atomic E-state index is 14.6. The fraction of sp³-hybridized carbons (Fsp3) is 0.0263. The molecule has 1 amide bonds. The van der Waals surface area contributed by atoms with Crippen molar-refractivity contribution in [2.24, 2.45) is 0 Å². The zero-order valence-corrected chi connectivity index (χ0v) is 22.7. The predicted molar refractivity (Wildman–Crippen MR) is 167 cm³/mol. The van der Waals surface area contributed by atoms with E-state index in [0.29, 0.717) is 5.56 Å². The molecule has 0 atom stereocenters. The van der Waals surface area contributed by atoms with Crippen LogP contribution >= 0.6 is 0 Å². The molecule has 42 heavy (non-hydrogen) atoms. The number of aromatic hydroxyl groups is 2. The monoisotopic (exact) mass is 545 g/mol. The van der Waals surface area contributed by atoms with E-state index in [9.17, 15) is 15.0 Å². The molecule has 0 saturated carbocycles. The van der Waals surface area contributed by atoms with Crippen molar-refractivity contribution in [2.75, 3.05) is 4.90 Å². The average Bonchev–Trinajstić information content (AvgIpc) is 3.31. The van der Waals surface area contributed by atoms with Gasteiger partial charge < -0.3 is 10.2 Å². The van der Waals surface area contributed by atoms with Crippen LogP contribution in [0.3, 0.4) is 0 Å². The van der Waals surface area contributed by atoms with Crippen LogP contribution < -0.4 is 4.90 Å². The van der Waals surface area contributed by atoms with Crippen LogP contribution in [0.2, 0.25) is 0 Å². The van der Waals surface area contributed by atoms with Crippen molar-refractivity contribution < 1.29 is 15.0 Å². The van der Waals surface area contributed by atoms with Gasteiger partial charge in [0.25, 0.3) is 5.91 Å².